The number of hydrogen-bond acceptors (Lipinski definition) is 2. The average Bonchev–Trinajstić information content (AvgIpc) is 2.44. The zero-order valence-electron chi connectivity index (χ0n) is 10.6. The summed E-state index contributed by atoms with van der Waals surface area (Å²) in [4.78, 5) is 16.9. The summed E-state index contributed by atoms with van der Waals surface area (Å²) in [7, 11) is 1.69. The Hall–Kier alpha value is -1.84. The molecule has 0 bridgehead atoms. The minimum Gasteiger partial charge on any atom is -0.295 e. The van der Waals surface area contributed by atoms with Crippen LogP contribution in [-0.2, 0) is 7.05 Å². The van der Waals surface area contributed by atoms with Gasteiger partial charge in [0.25, 0.3) is 5.56 Å². The van der Waals surface area contributed by atoms with Crippen LogP contribution < -0.4 is 5.56 Å². The molecule has 0 spiro atoms. The van der Waals surface area contributed by atoms with Crippen molar-refractivity contribution < 1.29 is 0 Å². The van der Waals surface area contributed by atoms with Crippen LogP contribution in [0, 0.1) is 0 Å². The lowest BCUT2D eigenvalue weighted by Gasteiger charge is -2.09. The van der Waals surface area contributed by atoms with Gasteiger partial charge in [0.15, 0.2) is 0 Å². The molecule has 0 aliphatic heterocycles. The summed E-state index contributed by atoms with van der Waals surface area (Å²) in [6.07, 6.45) is 0. The van der Waals surface area contributed by atoms with Crippen LogP contribution in [-0.4, -0.2) is 9.55 Å². The van der Waals surface area contributed by atoms with Crippen molar-refractivity contribution in [3.63, 3.8) is 0 Å². The largest absolute Gasteiger partial charge is 0.295 e. The van der Waals surface area contributed by atoms with Crippen molar-refractivity contribution in [2.45, 2.75) is 0 Å². The van der Waals surface area contributed by atoms with Gasteiger partial charge in [-0.2, -0.15) is 0 Å². The van der Waals surface area contributed by atoms with E-state index in [0.29, 0.717) is 26.8 Å². The Labute approximate surface area is 125 Å². The maximum Gasteiger partial charge on any atom is 0.261 e. The maximum absolute atomic E-state index is 12.4. The summed E-state index contributed by atoms with van der Waals surface area (Å²) in [5.41, 5.74) is 1.34. The first kappa shape index (κ1) is 13.2. The number of hydrogen-bond donors (Lipinski definition) is 0. The first-order valence-electron chi connectivity index (χ1n) is 5.98. The molecule has 2 aromatic carbocycles. The molecule has 5 heteroatoms. The molecule has 3 rings (SSSR count). The molecule has 3 nitrogen and oxygen atoms in total. The lowest BCUT2D eigenvalue weighted by atomic mass is 10.2. The minimum absolute atomic E-state index is 0.123. The van der Waals surface area contributed by atoms with Crippen molar-refractivity contribution in [2.24, 2.45) is 7.05 Å². The highest BCUT2D eigenvalue weighted by Crippen LogP contribution is 2.21. The van der Waals surface area contributed by atoms with E-state index in [-0.39, 0.29) is 5.56 Å². The van der Waals surface area contributed by atoms with Gasteiger partial charge in [-0.25, -0.2) is 4.98 Å². The molecule has 0 amide bonds. The van der Waals surface area contributed by atoms with Crippen LogP contribution >= 0.6 is 23.2 Å². The normalized spacial score (nSPS) is 10.9. The Bertz CT molecular complexity index is 854. The topological polar surface area (TPSA) is 34.9 Å². The van der Waals surface area contributed by atoms with Gasteiger partial charge in [0, 0.05) is 22.7 Å². The highest BCUT2D eigenvalue weighted by Gasteiger charge is 2.10. The third-order valence-corrected chi connectivity index (χ3v) is 3.63. The molecule has 0 radical (unpaired) electrons. The lowest BCUT2D eigenvalue weighted by molar-refractivity contribution is 0.856. The van der Waals surface area contributed by atoms with Crippen LogP contribution in [0.15, 0.2) is 47.3 Å². The molecule has 100 valence electrons. The van der Waals surface area contributed by atoms with E-state index in [9.17, 15) is 4.79 Å². The van der Waals surface area contributed by atoms with Crippen LogP contribution in [0.1, 0.15) is 0 Å². The molecular formula is C15H10Cl2N2O. The van der Waals surface area contributed by atoms with Gasteiger partial charge in [0.2, 0.25) is 0 Å². The zero-order chi connectivity index (χ0) is 14.3. The summed E-state index contributed by atoms with van der Waals surface area (Å²) in [5, 5.41) is 1.68. The Balaban J connectivity index is 2.32. The molecule has 1 aromatic heterocycles. The number of halogens is 2. The fourth-order valence-electron chi connectivity index (χ4n) is 2.10. The van der Waals surface area contributed by atoms with Gasteiger partial charge >= 0.3 is 0 Å². The minimum atomic E-state index is -0.123. The van der Waals surface area contributed by atoms with Crippen LogP contribution in [0.2, 0.25) is 10.0 Å². The molecule has 0 N–H and O–H groups in total. The van der Waals surface area contributed by atoms with Crippen molar-refractivity contribution in [1.82, 2.24) is 9.55 Å². The van der Waals surface area contributed by atoms with Gasteiger partial charge in [-0.05, 0) is 42.5 Å². The average molecular weight is 305 g/mol. The predicted molar refractivity (Wildman–Crippen MR) is 82.4 cm³/mol. The van der Waals surface area contributed by atoms with Crippen molar-refractivity contribution in [1.29, 1.82) is 0 Å². The van der Waals surface area contributed by atoms with E-state index in [1.807, 2.05) is 12.1 Å². The molecule has 0 fully saturated rings. The van der Waals surface area contributed by atoms with E-state index < -0.39 is 0 Å². The third-order valence-electron chi connectivity index (χ3n) is 3.14. The second kappa shape index (κ2) is 4.93. The summed E-state index contributed by atoms with van der Waals surface area (Å²) >= 11 is 11.8. The molecule has 0 saturated heterocycles. The second-order valence-electron chi connectivity index (χ2n) is 4.47. The van der Waals surface area contributed by atoms with E-state index in [1.165, 1.54) is 4.57 Å². The first-order chi connectivity index (χ1) is 9.56. The molecule has 0 saturated carbocycles. The SMILES string of the molecule is Cn1c(-c2ccc(Cl)cc2)nc2ccc(Cl)cc2c1=O. The van der Waals surface area contributed by atoms with Gasteiger partial charge < -0.3 is 0 Å². The van der Waals surface area contributed by atoms with Crippen molar-refractivity contribution in [3.05, 3.63) is 62.9 Å². The van der Waals surface area contributed by atoms with E-state index >= 15 is 0 Å². The molecule has 0 atom stereocenters. The van der Waals surface area contributed by atoms with E-state index in [4.69, 9.17) is 23.2 Å². The number of benzene rings is 2. The Morgan fingerprint density at radius 3 is 2.35 bits per heavy atom. The van der Waals surface area contributed by atoms with Crippen molar-refractivity contribution >= 4 is 34.1 Å². The van der Waals surface area contributed by atoms with Gasteiger partial charge in [-0.3, -0.25) is 9.36 Å². The van der Waals surface area contributed by atoms with Gasteiger partial charge in [0.1, 0.15) is 5.82 Å². The van der Waals surface area contributed by atoms with Crippen LogP contribution in [0.25, 0.3) is 22.3 Å². The van der Waals surface area contributed by atoms with Crippen LogP contribution in [0.3, 0.4) is 0 Å². The monoisotopic (exact) mass is 304 g/mol. The number of rotatable bonds is 1. The second-order valence-corrected chi connectivity index (χ2v) is 5.34. The van der Waals surface area contributed by atoms with Gasteiger partial charge in [-0.1, -0.05) is 23.2 Å². The molecule has 0 aliphatic carbocycles. The highest BCUT2D eigenvalue weighted by molar-refractivity contribution is 6.31. The summed E-state index contributed by atoms with van der Waals surface area (Å²) in [6, 6.07) is 12.3. The predicted octanol–water partition coefficient (Wildman–Crippen LogP) is 3.91. The molecule has 3 aromatic rings. The molecule has 1 heterocycles. The summed E-state index contributed by atoms with van der Waals surface area (Å²) < 4.78 is 1.52. The van der Waals surface area contributed by atoms with E-state index in [2.05, 4.69) is 4.98 Å². The van der Waals surface area contributed by atoms with E-state index in [1.54, 1.807) is 37.4 Å². The van der Waals surface area contributed by atoms with Gasteiger partial charge in [-0.15, -0.1) is 0 Å². The summed E-state index contributed by atoms with van der Waals surface area (Å²) in [5.74, 6) is 0.599. The number of aromatic nitrogens is 2. The quantitative estimate of drug-likeness (QED) is 0.683. The van der Waals surface area contributed by atoms with E-state index in [0.717, 1.165) is 5.56 Å². The standard InChI is InChI=1S/C15H10Cl2N2O/c1-19-14(9-2-4-10(16)5-3-9)18-13-7-6-11(17)8-12(13)15(19)20/h2-8H,1H3. The lowest BCUT2D eigenvalue weighted by Crippen LogP contribution is -2.20. The third kappa shape index (κ3) is 2.19. The highest BCUT2D eigenvalue weighted by atomic mass is 35.5. The summed E-state index contributed by atoms with van der Waals surface area (Å²) in [6.45, 7) is 0. The molecular weight excluding hydrogens is 295 g/mol. The maximum atomic E-state index is 12.4. The smallest absolute Gasteiger partial charge is 0.261 e. The van der Waals surface area contributed by atoms with Crippen LogP contribution in [0.4, 0.5) is 0 Å². The Kier molecular flexibility index (Phi) is 3.24. The number of nitrogens with zero attached hydrogens (tertiary/aromatic N) is 2. The fraction of sp³-hybridized carbons (Fsp3) is 0.0667. The van der Waals surface area contributed by atoms with Crippen molar-refractivity contribution in [3.8, 4) is 11.4 Å². The van der Waals surface area contributed by atoms with Crippen molar-refractivity contribution in [2.75, 3.05) is 0 Å². The first-order valence-corrected chi connectivity index (χ1v) is 6.74. The molecule has 20 heavy (non-hydrogen) atoms. The van der Waals surface area contributed by atoms with Gasteiger partial charge in [0.05, 0.1) is 10.9 Å². The molecule has 0 aliphatic rings. The molecule has 0 unspecified atom stereocenters. The zero-order valence-corrected chi connectivity index (χ0v) is 12.1. The Morgan fingerprint density at radius 2 is 1.65 bits per heavy atom. The fourth-order valence-corrected chi connectivity index (χ4v) is 2.40. The van der Waals surface area contributed by atoms with Crippen LogP contribution in [0.5, 0.6) is 0 Å². The number of fused-ring (bicyclic) bond motifs is 1. The Morgan fingerprint density at radius 1 is 1.00 bits per heavy atom.